The zero-order chi connectivity index (χ0) is 19.7. The summed E-state index contributed by atoms with van der Waals surface area (Å²) in [7, 11) is 1.81. The largest absolute Gasteiger partial charge is 0.372 e. The number of anilines is 1. The van der Waals surface area contributed by atoms with Gasteiger partial charge in [-0.05, 0) is 35.7 Å². The molecule has 0 amide bonds. The lowest BCUT2D eigenvalue weighted by Gasteiger charge is -2.14. The molecule has 0 saturated carbocycles. The van der Waals surface area contributed by atoms with Crippen LogP contribution in [-0.4, -0.2) is 33.0 Å². The number of aromatic nitrogens is 4. The number of rotatable bonds is 6. The number of pyridine rings is 1. The van der Waals surface area contributed by atoms with Crippen LogP contribution in [0.5, 0.6) is 0 Å². The summed E-state index contributed by atoms with van der Waals surface area (Å²) in [4.78, 5) is 4.44. The minimum atomic E-state index is -0.334. The van der Waals surface area contributed by atoms with E-state index in [0.717, 1.165) is 34.3 Å². The van der Waals surface area contributed by atoms with Crippen LogP contribution in [-0.2, 0) is 6.54 Å². The third kappa shape index (κ3) is 2.84. The minimum Gasteiger partial charge on any atom is -0.372 e. The lowest BCUT2D eigenvalue weighted by Crippen LogP contribution is -2.09. The lowest BCUT2D eigenvalue weighted by atomic mass is 9.94. The van der Waals surface area contributed by atoms with Crippen LogP contribution in [0.3, 0.4) is 0 Å². The third-order valence-corrected chi connectivity index (χ3v) is 4.64. The number of imidazole rings is 1. The van der Waals surface area contributed by atoms with Crippen LogP contribution < -0.4 is 10.7 Å². The van der Waals surface area contributed by atoms with E-state index in [1.807, 2.05) is 36.0 Å². The number of hydrogen-bond acceptors (Lipinski definition) is 6. The molecule has 0 saturated heterocycles. The first-order valence-corrected chi connectivity index (χ1v) is 8.56. The van der Waals surface area contributed by atoms with Gasteiger partial charge >= 0.3 is 0 Å². The molecule has 10 heteroatoms. The summed E-state index contributed by atoms with van der Waals surface area (Å²) >= 11 is 0. The maximum absolute atomic E-state index is 15.2. The van der Waals surface area contributed by atoms with Crippen molar-refractivity contribution in [3.63, 3.8) is 0 Å². The van der Waals surface area contributed by atoms with Crippen LogP contribution in [0.1, 0.15) is 11.1 Å². The van der Waals surface area contributed by atoms with E-state index in [1.54, 1.807) is 13.1 Å². The van der Waals surface area contributed by atoms with Crippen LogP contribution in [0.2, 0.25) is 0 Å². The van der Waals surface area contributed by atoms with Gasteiger partial charge < -0.3 is 15.1 Å². The van der Waals surface area contributed by atoms with E-state index in [1.165, 1.54) is 0 Å². The summed E-state index contributed by atoms with van der Waals surface area (Å²) in [5, 5.41) is 17.6. The molecule has 28 heavy (non-hydrogen) atoms. The zero-order valence-electron chi connectivity index (χ0n) is 15.3. The Hall–Kier alpha value is -3.82. The number of halogens is 1. The maximum Gasteiger partial charge on any atom is 0.157 e. The molecular weight excluding hydrogens is 361 g/mol. The van der Waals surface area contributed by atoms with Crippen molar-refractivity contribution in [1.82, 2.24) is 25.0 Å². The fourth-order valence-corrected chi connectivity index (χ4v) is 3.35. The van der Waals surface area contributed by atoms with Gasteiger partial charge in [-0.15, -0.1) is 5.11 Å². The van der Waals surface area contributed by atoms with E-state index in [9.17, 15) is 0 Å². The van der Waals surface area contributed by atoms with Crippen molar-refractivity contribution < 1.29 is 4.39 Å². The Morgan fingerprint density at radius 3 is 3.00 bits per heavy atom. The molecule has 142 valence electrons. The van der Waals surface area contributed by atoms with E-state index in [2.05, 4.69) is 36.1 Å². The standard InChI is InChI=1S/C18H18FN9/c1-10-16(11-3-4-15-26-14(21-2)8-28(15)7-11)12-5-24-27-18(12)13(17(10)19)6-23-25-9-22-20/h3-5,7-9,20-21,23H,6H2,1-2H3,(H,24,27)/b22-20?,25-9-. The Balaban J connectivity index is 1.86. The second-order valence-electron chi connectivity index (χ2n) is 6.22. The number of H-pyrrole nitrogens is 1. The highest BCUT2D eigenvalue weighted by Gasteiger charge is 2.20. The molecule has 0 fully saturated rings. The Morgan fingerprint density at radius 1 is 1.36 bits per heavy atom. The quantitative estimate of drug-likeness (QED) is 0.178. The second kappa shape index (κ2) is 7.06. The molecule has 1 aromatic carbocycles. The van der Waals surface area contributed by atoms with Gasteiger partial charge in [0.15, 0.2) is 6.34 Å². The number of hydrazone groups is 1. The van der Waals surface area contributed by atoms with Crippen molar-refractivity contribution >= 4 is 28.7 Å². The van der Waals surface area contributed by atoms with Crippen LogP contribution in [0.15, 0.2) is 40.9 Å². The summed E-state index contributed by atoms with van der Waals surface area (Å²) in [5.74, 6) is 0.425. The number of fused-ring (bicyclic) bond motifs is 2. The van der Waals surface area contributed by atoms with E-state index >= 15 is 4.39 Å². The van der Waals surface area contributed by atoms with Crippen LogP contribution >= 0.6 is 0 Å². The molecule has 3 heterocycles. The van der Waals surface area contributed by atoms with E-state index in [4.69, 9.17) is 5.53 Å². The Bertz CT molecular complexity index is 1200. The number of nitrogens with one attached hydrogen (secondary N) is 4. The van der Waals surface area contributed by atoms with Gasteiger partial charge in [-0.25, -0.2) is 14.9 Å². The van der Waals surface area contributed by atoms with Crippen molar-refractivity contribution in [2.75, 3.05) is 12.4 Å². The molecule has 0 radical (unpaired) electrons. The Labute approximate surface area is 159 Å². The SMILES string of the molecule is CNc1cn2cc(-c3c(C)c(F)c(CN/N=C\N=N)c4[nH]ncc34)ccc2n1. The first-order chi connectivity index (χ1) is 13.6. The summed E-state index contributed by atoms with van der Waals surface area (Å²) in [6.07, 6.45) is 6.54. The number of nitrogens with zero attached hydrogens (tertiary/aromatic N) is 5. The highest BCUT2D eigenvalue weighted by molar-refractivity contribution is 5.98. The van der Waals surface area contributed by atoms with E-state index in [-0.39, 0.29) is 12.4 Å². The molecule has 3 aromatic heterocycles. The molecule has 4 aromatic rings. The van der Waals surface area contributed by atoms with Gasteiger partial charge in [0, 0.05) is 24.2 Å². The zero-order valence-corrected chi connectivity index (χ0v) is 15.3. The normalized spacial score (nSPS) is 11.5. The fraction of sp³-hybridized carbons (Fsp3) is 0.167. The average Bonchev–Trinajstić information content (AvgIpc) is 3.34. The molecule has 0 aliphatic heterocycles. The topological polar surface area (TPSA) is 119 Å². The molecule has 0 aliphatic rings. The molecule has 0 atom stereocenters. The van der Waals surface area contributed by atoms with Gasteiger partial charge in [0.25, 0.3) is 0 Å². The molecule has 0 spiro atoms. The predicted octanol–water partition coefficient (Wildman–Crippen LogP) is 3.43. The smallest absolute Gasteiger partial charge is 0.157 e. The fourth-order valence-electron chi connectivity index (χ4n) is 3.35. The number of benzene rings is 1. The molecule has 9 nitrogen and oxygen atoms in total. The highest BCUT2D eigenvalue weighted by atomic mass is 19.1. The first-order valence-electron chi connectivity index (χ1n) is 8.56. The van der Waals surface area contributed by atoms with Crippen LogP contribution in [0, 0.1) is 18.3 Å². The summed E-state index contributed by atoms with van der Waals surface area (Å²) in [6, 6.07) is 3.82. The van der Waals surface area contributed by atoms with Gasteiger partial charge in [0.1, 0.15) is 17.3 Å². The third-order valence-electron chi connectivity index (χ3n) is 4.64. The molecular formula is C18H18FN9. The Morgan fingerprint density at radius 2 is 2.21 bits per heavy atom. The second-order valence-corrected chi connectivity index (χ2v) is 6.22. The number of aromatic amines is 1. The van der Waals surface area contributed by atoms with Crippen molar-refractivity contribution in [2.24, 2.45) is 10.2 Å². The monoisotopic (exact) mass is 379 g/mol. The van der Waals surface area contributed by atoms with Crippen molar-refractivity contribution in [1.29, 1.82) is 5.53 Å². The first kappa shape index (κ1) is 17.6. The van der Waals surface area contributed by atoms with Gasteiger partial charge in [-0.3, -0.25) is 5.10 Å². The molecule has 0 unspecified atom stereocenters. The molecule has 0 bridgehead atoms. The summed E-state index contributed by atoms with van der Waals surface area (Å²) < 4.78 is 17.1. The van der Waals surface area contributed by atoms with Gasteiger partial charge in [0.05, 0.1) is 24.5 Å². The van der Waals surface area contributed by atoms with Crippen LogP contribution in [0.25, 0.3) is 27.7 Å². The lowest BCUT2D eigenvalue weighted by molar-refractivity contribution is 0.590. The Kier molecular flexibility index (Phi) is 4.44. The van der Waals surface area contributed by atoms with Crippen molar-refractivity contribution in [2.45, 2.75) is 13.5 Å². The predicted molar refractivity (Wildman–Crippen MR) is 105 cm³/mol. The van der Waals surface area contributed by atoms with Gasteiger partial charge in [-0.2, -0.15) is 10.2 Å². The maximum atomic E-state index is 15.2. The number of hydrogen-bond donors (Lipinski definition) is 4. The molecule has 0 aliphatic carbocycles. The minimum absolute atomic E-state index is 0.143. The summed E-state index contributed by atoms with van der Waals surface area (Å²) in [5.41, 5.74) is 13.4. The average molecular weight is 379 g/mol. The molecule has 4 rings (SSSR count). The van der Waals surface area contributed by atoms with Gasteiger partial charge in [0.2, 0.25) is 0 Å². The molecule has 4 N–H and O–H groups in total. The summed E-state index contributed by atoms with van der Waals surface area (Å²) in [6.45, 7) is 1.89. The van der Waals surface area contributed by atoms with Gasteiger partial charge in [-0.1, -0.05) is 0 Å². The van der Waals surface area contributed by atoms with Crippen molar-refractivity contribution in [3.8, 4) is 11.1 Å². The van der Waals surface area contributed by atoms with E-state index < -0.39 is 0 Å². The highest BCUT2D eigenvalue weighted by Crippen LogP contribution is 2.35. The van der Waals surface area contributed by atoms with Crippen LogP contribution in [0.4, 0.5) is 10.2 Å². The van der Waals surface area contributed by atoms with Crippen molar-refractivity contribution in [3.05, 3.63) is 47.7 Å². The van der Waals surface area contributed by atoms with E-state index in [0.29, 0.717) is 16.6 Å².